The fourth-order valence-corrected chi connectivity index (χ4v) is 11.4. The van der Waals surface area contributed by atoms with Gasteiger partial charge in [-0.1, -0.05) is 122 Å². The van der Waals surface area contributed by atoms with Crippen LogP contribution in [-0.2, 0) is 13.6 Å². The van der Waals surface area contributed by atoms with Gasteiger partial charge >= 0.3 is 0 Å². The van der Waals surface area contributed by atoms with Crippen molar-refractivity contribution in [3.8, 4) is 0 Å². The highest BCUT2D eigenvalue weighted by Gasteiger charge is 2.51. The molecule has 0 bridgehead atoms. The molecule has 1 N–H and O–H groups in total. The molecule has 0 fully saturated rings. The minimum atomic E-state index is -2.70. The zero-order valence-corrected chi connectivity index (χ0v) is 28.3. The van der Waals surface area contributed by atoms with Crippen LogP contribution in [0.5, 0.6) is 0 Å². The normalized spacial score (nSPS) is 17.2. The number of benzene rings is 2. The first kappa shape index (κ1) is 33.7. The summed E-state index contributed by atoms with van der Waals surface area (Å²) in [5, 5.41) is 13.8. The van der Waals surface area contributed by atoms with Gasteiger partial charge in [0.25, 0.3) is 8.32 Å². The Labute approximate surface area is 241 Å². The van der Waals surface area contributed by atoms with Crippen molar-refractivity contribution in [2.45, 2.75) is 96.9 Å². The van der Waals surface area contributed by atoms with Crippen molar-refractivity contribution >= 4 is 27.0 Å². The fourth-order valence-electron chi connectivity index (χ4n) is 5.24. The molecule has 0 amide bonds. The lowest BCUT2D eigenvalue weighted by atomic mass is 9.87. The zero-order chi connectivity index (χ0) is 29.6. The molecule has 0 radical (unpaired) electrons. The SMILES string of the molecule is C=C[C@H](OC)[C@H](O)[C@@H](C)[C@@H](O[Si](C)(C)C(C)(C)C)[C@H](C)CO[Si](c1ccccc1)(c1ccccc1)C(C)(C)C. The van der Waals surface area contributed by atoms with Crippen molar-refractivity contribution in [3.63, 3.8) is 0 Å². The van der Waals surface area contributed by atoms with E-state index in [0.29, 0.717) is 6.61 Å². The van der Waals surface area contributed by atoms with Gasteiger partial charge in [0.1, 0.15) is 6.10 Å². The lowest BCUT2D eigenvalue weighted by Crippen LogP contribution is -2.67. The summed E-state index contributed by atoms with van der Waals surface area (Å²) >= 11 is 0. The second-order valence-electron chi connectivity index (χ2n) is 13.6. The molecule has 0 saturated heterocycles. The molecular formula is C33H54O4Si2. The number of methoxy groups -OCH3 is 1. The molecule has 0 aliphatic carbocycles. The van der Waals surface area contributed by atoms with Gasteiger partial charge in [-0.2, -0.15) is 0 Å². The Bertz CT molecular complexity index is 972. The molecule has 0 aliphatic rings. The van der Waals surface area contributed by atoms with Gasteiger partial charge in [0.15, 0.2) is 8.32 Å². The summed E-state index contributed by atoms with van der Waals surface area (Å²) in [4.78, 5) is 0. The standard InChI is InChI=1S/C33H54O4Si2/c1-13-29(35-10)30(34)26(3)31(37-38(11,12)32(4,5)6)25(2)24-36-39(33(7,8)9,27-20-16-14-17-21-27)28-22-18-15-19-23-28/h13-23,25-26,29-31,34H,1,24H2,2-12H3/t25-,26-,29+,30-,31+/m1/s1. The highest BCUT2D eigenvalue weighted by molar-refractivity contribution is 6.99. The number of ether oxygens (including phenoxy) is 1. The van der Waals surface area contributed by atoms with Crippen molar-refractivity contribution in [3.05, 3.63) is 73.3 Å². The third-order valence-corrected chi connectivity index (χ3v) is 18.2. The first-order valence-corrected chi connectivity index (χ1v) is 19.1. The molecule has 0 saturated carbocycles. The Morgan fingerprint density at radius 1 is 0.846 bits per heavy atom. The molecule has 0 unspecified atom stereocenters. The van der Waals surface area contributed by atoms with Gasteiger partial charge in [0.2, 0.25) is 0 Å². The van der Waals surface area contributed by atoms with Gasteiger partial charge in [-0.25, -0.2) is 0 Å². The van der Waals surface area contributed by atoms with E-state index in [2.05, 4.69) is 136 Å². The third-order valence-electron chi connectivity index (χ3n) is 8.68. The monoisotopic (exact) mass is 570 g/mol. The van der Waals surface area contributed by atoms with Gasteiger partial charge < -0.3 is 18.7 Å². The van der Waals surface area contributed by atoms with E-state index in [-0.39, 0.29) is 28.0 Å². The minimum absolute atomic E-state index is 0.0349. The number of aliphatic hydroxyl groups excluding tert-OH is 1. The number of hydrogen-bond acceptors (Lipinski definition) is 4. The van der Waals surface area contributed by atoms with E-state index in [4.69, 9.17) is 13.6 Å². The van der Waals surface area contributed by atoms with Gasteiger partial charge in [-0.15, -0.1) is 6.58 Å². The Hall–Kier alpha value is -1.55. The number of rotatable bonds is 13. The molecule has 0 aliphatic heterocycles. The number of aliphatic hydroxyl groups is 1. The van der Waals surface area contributed by atoms with Crippen LogP contribution in [0.1, 0.15) is 55.4 Å². The van der Waals surface area contributed by atoms with Crippen LogP contribution in [0.4, 0.5) is 0 Å². The minimum Gasteiger partial charge on any atom is -0.413 e. The first-order valence-electron chi connectivity index (χ1n) is 14.3. The van der Waals surface area contributed by atoms with Crippen molar-refractivity contribution in [1.82, 2.24) is 0 Å². The molecular weight excluding hydrogens is 517 g/mol. The lowest BCUT2D eigenvalue weighted by Gasteiger charge is -2.46. The summed E-state index contributed by atoms with van der Waals surface area (Å²) in [6.07, 6.45) is 0.262. The van der Waals surface area contributed by atoms with Crippen LogP contribution < -0.4 is 10.4 Å². The Kier molecular flexibility index (Phi) is 11.6. The largest absolute Gasteiger partial charge is 0.413 e. The summed E-state index contributed by atoms with van der Waals surface area (Å²) in [5.41, 5.74) is 0. The molecule has 2 aromatic carbocycles. The first-order chi connectivity index (χ1) is 18.0. The summed E-state index contributed by atoms with van der Waals surface area (Å²) in [6.45, 7) is 26.9. The molecule has 0 aromatic heterocycles. The molecule has 4 nitrogen and oxygen atoms in total. The highest BCUT2D eigenvalue weighted by Crippen LogP contribution is 2.41. The Balaban J connectivity index is 2.55. The summed E-state index contributed by atoms with van der Waals surface area (Å²) in [5.74, 6) is -0.146. The van der Waals surface area contributed by atoms with E-state index in [1.165, 1.54) is 10.4 Å². The highest BCUT2D eigenvalue weighted by atomic mass is 28.4. The van der Waals surface area contributed by atoms with Crippen LogP contribution >= 0.6 is 0 Å². The van der Waals surface area contributed by atoms with Crippen LogP contribution in [0.25, 0.3) is 0 Å². The van der Waals surface area contributed by atoms with Crippen LogP contribution in [0, 0.1) is 11.8 Å². The topological polar surface area (TPSA) is 47.9 Å². The quantitative estimate of drug-likeness (QED) is 0.213. The molecule has 0 heterocycles. The maximum atomic E-state index is 11.3. The van der Waals surface area contributed by atoms with Gasteiger partial charge in [-0.05, 0) is 33.5 Å². The van der Waals surface area contributed by atoms with E-state index in [1.54, 1.807) is 13.2 Å². The Morgan fingerprint density at radius 2 is 1.31 bits per heavy atom. The fraction of sp³-hybridized carbons (Fsp3) is 0.576. The van der Waals surface area contributed by atoms with Crippen LogP contribution in [0.15, 0.2) is 73.3 Å². The predicted molar refractivity (Wildman–Crippen MR) is 171 cm³/mol. The molecule has 2 aromatic rings. The average Bonchev–Trinajstić information content (AvgIpc) is 2.87. The summed E-state index contributed by atoms with van der Waals surface area (Å²) in [6, 6.07) is 21.5. The molecule has 218 valence electrons. The molecule has 2 rings (SSSR count). The van der Waals surface area contributed by atoms with E-state index in [9.17, 15) is 5.11 Å². The smallest absolute Gasteiger partial charge is 0.261 e. The van der Waals surface area contributed by atoms with E-state index < -0.39 is 28.8 Å². The average molecular weight is 571 g/mol. The molecule has 5 atom stereocenters. The molecule has 6 heteroatoms. The van der Waals surface area contributed by atoms with Crippen LogP contribution in [0.2, 0.25) is 23.2 Å². The predicted octanol–water partition coefficient (Wildman–Crippen LogP) is 6.79. The molecule has 39 heavy (non-hydrogen) atoms. The van der Waals surface area contributed by atoms with Gasteiger partial charge in [-0.3, -0.25) is 0 Å². The lowest BCUT2D eigenvalue weighted by molar-refractivity contribution is -0.0618. The molecule has 0 spiro atoms. The second kappa shape index (κ2) is 13.4. The maximum absolute atomic E-state index is 11.3. The summed E-state index contributed by atoms with van der Waals surface area (Å²) in [7, 11) is -3.24. The van der Waals surface area contributed by atoms with E-state index in [0.717, 1.165) is 0 Å². The van der Waals surface area contributed by atoms with Crippen molar-refractivity contribution < 1.29 is 18.7 Å². The Morgan fingerprint density at radius 3 is 1.67 bits per heavy atom. The van der Waals surface area contributed by atoms with Gasteiger partial charge in [0.05, 0.1) is 12.2 Å². The number of hydrogen-bond donors (Lipinski definition) is 1. The van der Waals surface area contributed by atoms with Gasteiger partial charge in [0, 0.05) is 25.6 Å². The summed E-state index contributed by atoms with van der Waals surface area (Å²) < 4.78 is 19.9. The third kappa shape index (κ3) is 7.60. The zero-order valence-electron chi connectivity index (χ0n) is 26.3. The van der Waals surface area contributed by atoms with Crippen molar-refractivity contribution in [1.29, 1.82) is 0 Å². The second-order valence-corrected chi connectivity index (χ2v) is 22.6. The van der Waals surface area contributed by atoms with Crippen molar-refractivity contribution in [2.75, 3.05) is 13.7 Å². The maximum Gasteiger partial charge on any atom is 0.261 e. The van der Waals surface area contributed by atoms with Crippen molar-refractivity contribution in [2.24, 2.45) is 11.8 Å². The van der Waals surface area contributed by atoms with Crippen LogP contribution in [-0.4, -0.2) is 53.8 Å². The van der Waals surface area contributed by atoms with E-state index in [1.807, 2.05) is 0 Å². The van der Waals surface area contributed by atoms with Crippen LogP contribution in [0.3, 0.4) is 0 Å². The van der Waals surface area contributed by atoms with E-state index >= 15 is 0 Å².